The quantitative estimate of drug-likeness (QED) is 0.772. The molecular formula is C15H17N3O. The summed E-state index contributed by atoms with van der Waals surface area (Å²) in [6.45, 7) is 0.761. The Labute approximate surface area is 112 Å². The minimum Gasteiger partial charge on any atom is -0.385 e. The van der Waals surface area contributed by atoms with Gasteiger partial charge in [-0.25, -0.2) is 4.98 Å². The summed E-state index contributed by atoms with van der Waals surface area (Å²) >= 11 is 0. The van der Waals surface area contributed by atoms with E-state index in [2.05, 4.69) is 10.6 Å². The second kappa shape index (κ2) is 5.02. The number of aryl methyl sites for hydroxylation is 1. The standard InChI is InChI=1S/C15H17N3O/c1-19-8-2-3-15-17-13-9-11(10-16)4-7-14(13)18(15)12-5-6-12/h4,7,9,12H,2-3,5-6,8H2,1H3. The van der Waals surface area contributed by atoms with Crippen molar-refractivity contribution < 1.29 is 4.74 Å². The van der Waals surface area contributed by atoms with Crippen molar-refractivity contribution in [2.75, 3.05) is 13.7 Å². The molecule has 0 spiro atoms. The lowest BCUT2D eigenvalue weighted by Crippen LogP contribution is -2.03. The second-order valence-corrected chi connectivity index (χ2v) is 5.04. The zero-order valence-electron chi connectivity index (χ0n) is 11.1. The smallest absolute Gasteiger partial charge is 0.110 e. The van der Waals surface area contributed by atoms with Gasteiger partial charge in [0.1, 0.15) is 5.82 Å². The van der Waals surface area contributed by atoms with E-state index in [9.17, 15) is 0 Å². The number of benzene rings is 1. The fourth-order valence-corrected chi connectivity index (χ4v) is 2.51. The van der Waals surface area contributed by atoms with Gasteiger partial charge in [-0.2, -0.15) is 5.26 Å². The molecule has 0 radical (unpaired) electrons. The monoisotopic (exact) mass is 255 g/mol. The van der Waals surface area contributed by atoms with Crippen LogP contribution in [0.3, 0.4) is 0 Å². The topological polar surface area (TPSA) is 50.8 Å². The van der Waals surface area contributed by atoms with E-state index in [0.717, 1.165) is 36.3 Å². The largest absolute Gasteiger partial charge is 0.385 e. The van der Waals surface area contributed by atoms with Crippen LogP contribution < -0.4 is 0 Å². The first-order valence-corrected chi connectivity index (χ1v) is 6.73. The van der Waals surface area contributed by atoms with Crippen LogP contribution in [0.15, 0.2) is 18.2 Å². The molecule has 0 saturated heterocycles. The Balaban J connectivity index is 2.00. The van der Waals surface area contributed by atoms with E-state index in [-0.39, 0.29) is 0 Å². The van der Waals surface area contributed by atoms with Crippen LogP contribution in [0.25, 0.3) is 11.0 Å². The molecule has 1 aliphatic rings. The fourth-order valence-electron chi connectivity index (χ4n) is 2.51. The van der Waals surface area contributed by atoms with E-state index in [1.165, 1.54) is 12.8 Å². The first-order chi connectivity index (χ1) is 9.33. The SMILES string of the molecule is COCCCc1nc2cc(C#N)ccc2n1C1CC1. The van der Waals surface area contributed by atoms with E-state index in [1.807, 2.05) is 18.2 Å². The molecule has 0 aliphatic heterocycles. The van der Waals surface area contributed by atoms with Gasteiger partial charge in [-0.1, -0.05) is 0 Å². The Kier molecular flexibility index (Phi) is 3.22. The normalized spacial score (nSPS) is 14.7. The van der Waals surface area contributed by atoms with Gasteiger partial charge in [-0.05, 0) is 37.5 Å². The lowest BCUT2D eigenvalue weighted by molar-refractivity contribution is 0.194. The third kappa shape index (κ3) is 2.34. The fraction of sp³-hybridized carbons (Fsp3) is 0.467. The summed E-state index contributed by atoms with van der Waals surface area (Å²) in [5, 5.41) is 8.97. The summed E-state index contributed by atoms with van der Waals surface area (Å²) in [5.74, 6) is 1.13. The highest BCUT2D eigenvalue weighted by Gasteiger charge is 2.27. The maximum atomic E-state index is 8.97. The molecule has 4 nitrogen and oxygen atoms in total. The average Bonchev–Trinajstić information content (AvgIpc) is 3.20. The number of rotatable bonds is 5. The predicted molar refractivity (Wildman–Crippen MR) is 72.9 cm³/mol. The Morgan fingerprint density at radius 3 is 3.00 bits per heavy atom. The molecule has 0 amide bonds. The molecule has 1 aromatic heterocycles. The van der Waals surface area contributed by atoms with Crippen LogP contribution in [0, 0.1) is 11.3 Å². The first-order valence-electron chi connectivity index (χ1n) is 6.73. The van der Waals surface area contributed by atoms with Crippen molar-refractivity contribution in [2.45, 2.75) is 31.7 Å². The molecule has 19 heavy (non-hydrogen) atoms. The highest BCUT2D eigenvalue weighted by molar-refractivity contribution is 5.78. The maximum absolute atomic E-state index is 8.97. The van der Waals surface area contributed by atoms with Crippen molar-refractivity contribution in [3.8, 4) is 6.07 Å². The molecule has 0 atom stereocenters. The summed E-state index contributed by atoms with van der Waals surface area (Å²) in [6, 6.07) is 8.57. The zero-order chi connectivity index (χ0) is 13.2. The number of hydrogen-bond acceptors (Lipinski definition) is 3. The summed E-state index contributed by atoms with van der Waals surface area (Å²) in [6.07, 6.45) is 4.39. The number of nitriles is 1. The van der Waals surface area contributed by atoms with E-state index in [4.69, 9.17) is 15.0 Å². The number of ether oxygens (including phenoxy) is 1. The summed E-state index contributed by atoms with van der Waals surface area (Å²) in [5.41, 5.74) is 2.78. The van der Waals surface area contributed by atoms with Crippen LogP contribution >= 0.6 is 0 Å². The zero-order valence-corrected chi connectivity index (χ0v) is 11.1. The number of aromatic nitrogens is 2. The van der Waals surface area contributed by atoms with Crippen molar-refractivity contribution >= 4 is 11.0 Å². The van der Waals surface area contributed by atoms with Gasteiger partial charge in [-0.3, -0.25) is 0 Å². The number of nitrogens with zero attached hydrogens (tertiary/aromatic N) is 3. The van der Waals surface area contributed by atoms with Gasteiger partial charge in [0.05, 0.1) is 22.7 Å². The molecule has 0 N–H and O–H groups in total. The van der Waals surface area contributed by atoms with Crippen molar-refractivity contribution in [3.63, 3.8) is 0 Å². The van der Waals surface area contributed by atoms with Gasteiger partial charge < -0.3 is 9.30 Å². The molecule has 4 heteroatoms. The van der Waals surface area contributed by atoms with Crippen LogP contribution in [0.5, 0.6) is 0 Å². The van der Waals surface area contributed by atoms with Gasteiger partial charge in [0.2, 0.25) is 0 Å². The minimum absolute atomic E-state index is 0.607. The lowest BCUT2D eigenvalue weighted by atomic mass is 10.2. The molecule has 98 valence electrons. The molecule has 1 saturated carbocycles. The molecule has 1 fully saturated rings. The van der Waals surface area contributed by atoms with Crippen LogP contribution in [0.1, 0.15) is 36.7 Å². The van der Waals surface area contributed by atoms with E-state index >= 15 is 0 Å². The van der Waals surface area contributed by atoms with Gasteiger partial charge in [0.15, 0.2) is 0 Å². The highest BCUT2D eigenvalue weighted by Crippen LogP contribution is 2.39. The summed E-state index contributed by atoms with van der Waals surface area (Å²) < 4.78 is 7.46. The van der Waals surface area contributed by atoms with Crippen molar-refractivity contribution in [2.24, 2.45) is 0 Å². The lowest BCUT2D eigenvalue weighted by Gasteiger charge is -2.07. The van der Waals surface area contributed by atoms with Crippen LogP contribution in [0.2, 0.25) is 0 Å². The third-order valence-corrected chi connectivity index (χ3v) is 3.55. The number of hydrogen-bond donors (Lipinski definition) is 0. The van der Waals surface area contributed by atoms with Crippen molar-refractivity contribution in [1.29, 1.82) is 5.26 Å². The second-order valence-electron chi connectivity index (χ2n) is 5.04. The Bertz CT molecular complexity index is 635. The summed E-state index contributed by atoms with van der Waals surface area (Å²) in [4.78, 5) is 4.71. The molecule has 3 rings (SSSR count). The van der Waals surface area contributed by atoms with E-state index in [0.29, 0.717) is 11.6 Å². The van der Waals surface area contributed by atoms with Crippen molar-refractivity contribution in [1.82, 2.24) is 9.55 Å². The van der Waals surface area contributed by atoms with Crippen LogP contribution in [-0.2, 0) is 11.2 Å². The number of imidazole rings is 1. The Morgan fingerprint density at radius 1 is 1.47 bits per heavy atom. The van der Waals surface area contributed by atoms with Crippen LogP contribution in [0.4, 0.5) is 0 Å². The molecule has 1 heterocycles. The number of methoxy groups -OCH3 is 1. The van der Waals surface area contributed by atoms with Gasteiger partial charge in [0.25, 0.3) is 0 Å². The highest BCUT2D eigenvalue weighted by atomic mass is 16.5. The molecule has 0 bridgehead atoms. The van der Waals surface area contributed by atoms with Gasteiger partial charge in [-0.15, -0.1) is 0 Å². The molecule has 0 unspecified atom stereocenters. The molecule has 1 aliphatic carbocycles. The molecule has 2 aromatic rings. The Morgan fingerprint density at radius 2 is 2.32 bits per heavy atom. The average molecular weight is 255 g/mol. The Hall–Kier alpha value is -1.86. The van der Waals surface area contributed by atoms with Crippen LogP contribution in [-0.4, -0.2) is 23.3 Å². The van der Waals surface area contributed by atoms with Gasteiger partial charge >= 0.3 is 0 Å². The van der Waals surface area contributed by atoms with E-state index < -0.39 is 0 Å². The first kappa shape index (κ1) is 12.2. The predicted octanol–water partition coefficient (Wildman–Crippen LogP) is 2.82. The summed E-state index contributed by atoms with van der Waals surface area (Å²) in [7, 11) is 1.73. The third-order valence-electron chi connectivity index (χ3n) is 3.55. The van der Waals surface area contributed by atoms with E-state index in [1.54, 1.807) is 7.11 Å². The van der Waals surface area contributed by atoms with Gasteiger partial charge in [0, 0.05) is 26.2 Å². The maximum Gasteiger partial charge on any atom is 0.110 e. The van der Waals surface area contributed by atoms with Crippen molar-refractivity contribution in [3.05, 3.63) is 29.6 Å². The minimum atomic E-state index is 0.607. The molecule has 1 aromatic carbocycles. The molecular weight excluding hydrogens is 238 g/mol. The number of fused-ring (bicyclic) bond motifs is 1.